The molecule has 3 rings (SSSR count). The first-order chi connectivity index (χ1) is 9.34. The first-order valence-corrected chi connectivity index (χ1v) is 8.38. The molecule has 1 saturated heterocycles. The van der Waals surface area contributed by atoms with Crippen LogP contribution in [0.5, 0.6) is 0 Å². The summed E-state index contributed by atoms with van der Waals surface area (Å²) in [5.41, 5.74) is 0.679. The number of hydrogen-bond donors (Lipinski definition) is 2. The maximum Gasteiger partial charge on any atom is 0.223 e. The molecule has 3 fully saturated rings. The van der Waals surface area contributed by atoms with E-state index in [0.29, 0.717) is 28.8 Å². The second-order valence-electron chi connectivity index (χ2n) is 8.25. The van der Waals surface area contributed by atoms with Crippen molar-refractivity contribution in [2.24, 2.45) is 22.7 Å². The third-order valence-electron chi connectivity index (χ3n) is 7.10. The summed E-state index contributed by atoms with van der Waals surface area (Å²) in [6.07, 6.45) is 5.79. The van der Waals surface area contributed by atoms with Crippen molar-refractivity contribution in [3.8, 4) is 0 Å². The average molecular weight is 278 g/mol. The van der Waals surface area contributed by atoms with Crippen LogP contribution in [0.2, 0.25) is 0 Å². The summed E-state index contributed by atoms with van der Waals surface area (Å²) in [5.74, 6) is 1.33. The zero-order valence-corrected chi connectivity index (χ0v) is 13.5. The van der Waals surface area contributed by atoms with Crippen molar-refractivity contribution >= 4 is 5.91 Å². The van der Waals surface area contributed by atoms with Crippen molar-refractivity contribution in [3.05, 3.63) is 0 Å². The Morgan fingerprint density at radius 1 is 1.20 bits per heavy atom. The number of piperidine rings is 1. The van der Waals surface area contributed by atoms with Gasteiger partial charge in [-0.05, 0) is 62.3 Å². The van der Waals surface area contributed by atoms with E-state index in [-0.39, 0.29) is 5.92 Å². The largest absolute Gasteiger partial charge is 0.353 e. The van der Waals surface area contributed by atoms with Crippen molar-refractivity contribution in [2.75, 3.05) is 6.54 Å². The first-order valence-electron chi connectivity index (χ1n) is 8.38. The molecule has 2 N–H and O–H groups in total. The van der Waals surface area contributed by atoms with Gasteiger partial charge in [-0.25, -0.2) is 0 Å². The van der Waals surface area contributed by atoms with Crippen LogP contribution >= 0.6 is 0 Å². The van der Waals surface area contributed by atoms with Gasteiger partial charge in [0.25, 0.3) is 0 Å². The molecule has 0 spiro atoms. The molecule has 1 aliphatic heterocycles. The fourth-order valence-electron chi connectivity index (χ4n) is 5.08. The maximum absolute atomic E-state index is 12.6. The molecule has 20 heavy (non-hydrogen) atoms. The molecule has 5 unspecified atom stereocenters. The van der Waals surface area contributed by atoms with Crippen molar-refractivity contribution in [1.82, 2.24) is 10.6 Å². The van der Waals surface area contributed by atoms with Crippen LogP contribution in [-0.2, 0) is 4.79 Å². The highest BCUT2D eigenvalue weighted by molar-refractivity contribution is 5.79. The normalized spacial score (nSPS) is 46.4. The average Bonchev–Trinajstić information content (AvgIpc) is 2.72. The molecule has 3 nitrogen and oxygen atoms in total. The summed E-state index contributed by atoms with van der Waals surface area (Å²) >= 11 is 0. The molecule has 114 valence electrons. The Kier molecular flexibility index (Phi) is 3.39. The number of fused-ring (bicyclic) bond motifs is 2. The highest BCUT2D eigenvalue weighted by Gasteiger charge is 2.61. The number of hydrogen-bond acceptors (Lipinski definition) is 2. The van der Waals surface area contributed by atoms with Gasteiger partial charge in [0.05, 0.1) is 0 Å². The molecule has 1 heterocycles. The quantitative estimate of drug-likeness (QED) is 0.815. The Bertz CT molecular complexity index is 406. The second kappa shape index (κ2) is 4.72. The molecule has 3 heteroatoms. The third-order valence-corrected chi connectivity index (χ3v) is 7.10. The number of nitrogens with one attached hydrogen (secondary N) is 2. The second-order valence-corrected chi connectivity index (χ2v) is 8.25. The van der Waals surface area contributed by atoms with Gasteiger partial charge in [-0.1, -0.05) is 20.8 Å². The lowest BCUT2D eigenvalue weighted by Crippen LogP contribution is -2.50. The van der Waals surface area contributed by atoms with Crippen LogP contribution in [0, 0.1) is 22.7 Å². The fourth-order valence-corrected chi connectivity index (χ4v) is 5.08. The summed E-state index contributed by atoms with van der Waals surface area (Å²) in [6.45, 7) is 10.4. The molecular weight excluding hydrogens is 248 g/mol. The highest BCUT2D eigenvalue weighted by atomic mass is 16.2. The van der Waals surface area contributed by atoms with Crippen LogP contribution in [-0.4, -0.2) is 24.5 Å². The molecule has 2 bridgehead atoms. The first kappa shape index (κ1) is 14.4. The summed E-state index contributed by atoms with van der Waals surface area (Å²) < 4.78 is 0. The fraction of sp³-hybridized carbons (Fsp3) is 0.941. The van der Waals surface area contributed by atoms with E-state index < -0.39 is 0 Å². The van der Waals surface area contributed by atoms with Crippen molar-refractivity contribution < 1.29 is 4.79 Å². The predicted molar refractivity (Wildman–Crippen MR) is 81.3 cm³/mol. The van der Waals surface area contributed by atoms with E-state index in [0.717, 1.165) is 25.3 Å². The SMILES string of the molecule is CC1CC(C(=O)NC2CC3CCC2(C)C3(C)C)CCN1. The number of amides is 1. The minimum Gasteiger partial charge on any atom is -0.353 e. The van der Waals surface area contributed by atoms with Crippen LogP contribution in [0.15, 0.2) is 0 Å². The molecule has 0 radical (unpaired) electrons. The summed E-state index contributed by atoms with van der Waals surface area (Å²) in [5, 5.41) is 6.86. The lowest BCUT2D eigenvalue weighted by atomic mass is 9.69. The lowest BCUT2D eigenvalue weighted by Gasteiger charge is -2.40. The monoisotopic (exact) mass is 278 g/mol. The minimum absolute atomic E-state index is 0.220. The molecular formula is C17H30N2O. The summed E-state index contributed by atoms with van der Waals surface area (Å²) in [7, 11) is 0. The van der Waals surface area contributed by atoms with Gasteiger partial charge in [-0.2, -0.15) is 0 Å². The summed E-state index contributed by atoms with van der Waals surface area (Å²) in [6, 6.07) is 0.875. The van der Waals surface area contributed by atoms with Crippen LogP contribution in [0.1, 0.15) is 59.8 Å². The van der Waals surface area contributed by atoms with Gasteiger partial charge in [0.2, 0.25) is 5.91 Å². The Labute approximate surface area is 123 Å². The maximum atomic E-state index is 12.6. The van der Waals surface area contributed by atoms with Crippen molar-refractivity contribution in [1.29, 1.82) is 0 Å². The van der Waals surface area contributed by atoms with E-state index in [1.165, 1.54) is 19.3 Å². The molecule has 0 aromatic carbocycles. The lowest BCUT2D eigenvalue weighted by molar-refractivity contribution is -0.127. The summed E-state index contributed by atoms with van der Waals surface area (Å²) in [4.78, 5) is 12.6. The van der Waals surface area contributed by atoms with Gasteiger partial charge in [0.1, 0.15) is 0 Å². The Morgan fingerprint density at radius 3 is 2.50 bits per heavy atom. The van der Waals surface area contributed by atoms with E-state index >= 15 is 0 Å². The molecule has 2 saturated carbocycles. The third kappa shape index (κ3) is 2.01. The number of carbonyl (C=O) groups is 1. The van der Waals surface area contributed by atoms with E-state index in [2.05, 4.69) is 38.3 Å². The topological polar surface area (TPSA) is 41.1 Å². The molecule has 3 aliphatic rings. The van der Waals surface area contributed by atoms with Gasteiger partial charge < -0.3 is 10.6 Å². The van der Waals surface area contributed by atoms with E-state index in [1.54, 1.807) is 0 Å². The predicted octanol–water partition coefficient (Wildman–Crippen LogP) is 2.71. The van der Waals surface area contributed by atoms with Gasteiger partial charge in [-0.3, -0.25) is 4.79 Å². The van der Waals surface area contributed by atoms with Crippen LogP contribution in [0.4, 0.5) is 0 Å². The van der Waals surface area contributed by atoms with Gasteiger partial charge in [0.15, 0.2) is 0 Å². The van der Waals surface area contributed by atoms with Gasteiger partial charge in [0, 0.05) is 18.0 Å². The van der Waals surface area contributed by atoms with Gasteiger partial charge in [-0.15, -0.1) is 0 Å². The van der Waals surface area contributed by atoms with E-state index in [9.17, 15) is 4.79 Å². The van der Waals surface area contributed by atoms with E-state index in [1.807, 2.05) is 0 Å². The Morgan fingerprint density at radius 2 is 1.95 bits per heavy atom. The standard InChI is InChI=1S/C17H30N2O/c1-11-9-12(6-8-18-11)15(20)19-14-10-13-5-7-17(14,4)16(13,2)3/h11-14,18H,5-10H2,1-4H3,(H,19,20). The van der Waals surface area contributed by atoms with Crippen LogP contribution < -0.4 is 10.6 Å². The molecule has 1 amide bonds. The zero-order chi connectivity index (χ0) is 14.5. The minimum atomic E-state index is 0.220. The smallest absolute Gasteiger partial charge is 0.223 e. The van der Waals surface area contributed by atoms with Crippen LogP contribution in [0.3, 0.4) is 0 Å². The molecule has 0 aromatic rings. The van der Waals surface area contributed by atoms with E-state index in [4.69, 9.17) is 0 Å². The number of rotatable bonds is 2. The van der Waals surface area contributed by atoms with Crippen LogP contribution in [0.25, 0.3) is 0 Å². The van der Waals surface area contributed by atoms with Gasteiger partial charge >= 0.3 is 0 Å². The molecule has 0 aromatic heterocycles. The number of carbonyl (C=O) groups excluding carboxylic acids is 1. The highest BCUT2D eigenvalue weighted by Crippen LogP contribution is 2.65. The Hall–Kier alpha value is -0.570. The molecule has 5 atom stereocenters. The Balaban J connectivity index is 1.66. The van der Waals surface area contributed by atoms with Crippen molar-refractivity contribution in [3.63, 3.8) is 0 Å². The molecule has 2 aliphatic carbocycles. The van der Waals surface area contributed by atoms with Crippen molar-refractivity contribution in [2.45, 2.75) is 71.9 Å². The zero-order valence-electron chi connectivity index (χ0n) is 13.5.